The van der Waals surface area contributed by atoms with Gasteiger partial charge in [0.25, 0.3) is 5.91 Å². The molecule has 0 fully saturated rings. The molecule has 3 rings (SSSR count). The summed E-state index contributed by atoms with van der Waals surface area (Å²) in [5.74, 6) is 1.33. The first kappa shape index (κ1) is 19.1. The van der Waals surface area contributed by atoms with Gasteiger partial charge in [-0.05, 0) is 42.0 Å². The van der Waals surface area contributed by atoms with Gasteiger partial charge in [0.15, 0.2) is 6.61 Å². The van der Waals surface area contributed by atoms with Gasteiger partial charge in [0.2, 0.25) is 0 Å². The first-order valence-electron chi connectivity index (χ1n) is 8.70. The lowest BCUT2D eigenvalue weighted by Crippen LogP contribution is -2.20. The van der Waals surface area contributed by atoms with Gasteiger partial charge in [0, 0.05) is 6.07 Å². The summed E-state index contributed by atoms with van der Waals surface area (Å²) in [7, 11) is 1.51. The number of carbonyl (C=O) groups excluding carboxylic acids is 1. The van der Waals surface area contributed by atoms with E-state index in [0.29, 0.717) is 23.9 Å². The molecule has 0 spiro atoms. The van der Waals surface area contributed by atoms with Crippen LogP contribution in [-0.2, 0) is 11.4 Å². The second-order valence-corrected chi connectivity index (χ2v) is 5.97. The SMILES string of the molecule is COc1ccc(O)c(NC(=O)COc2ccc(OCc3ccccc3)cc2)c1. The van der Waals surface area contributed by atoms with Crippen molar-refractivity contribution in [1.82, 2.24) is 0 Å². The van der Waals surface area contributed by atoms with Gasteiger partial charge in [-0.1, -0.05) is 30.3 Å². The molecule has 0 unspecified atom stereocenters. The van der Waals surface area contributed by atoms with E-state index in [4.69, 9.17) is 14.2 Å². The summed E-state index contributed by atoms with van der Waals surface area (Å²) in [5, 5.41) is 12.4. The summed E-state index contributed by atoms with van der Waals surface area (Å²) in [5.41, 5.74) is 1.35. The molecule has 0 aromatic heterocycles. The number of hydrogen-bond donors (Lipinski definition) is 2. The number of aromatic hydroxyl groups is 1. The molecule has 0 aliphatic carbocycles. The zero-order chi connectivity index (χ0) is 19.8. The van der Waals surface area contributed by atoms with E-state index < -0.39 is 5.91 Å². The number of amides is 1. The van der Waals surface area contributed by atoms with E-state index in [-0.39, 0.29) is 18.0 Å². The van der Waals surface area contributed by atoms with Gasteiger partial charge >= 0.3 is 0 Å². The number of ether oxygens (including phenoxy) is 3. The standard InChI is InChI=1S/C22H21NO5/c1-26-19-11-12-21(24)20(13-19)23-22(25)15-28-18-9-7-17(8-10-18)27-14-16-5-3-2-4-6-16/h2-13,24H,14-15H2,1H3,(H,23,25). The van der Waals surface area contributed by atoms with Gasteiger partial charge in [-0.15, -0.1) is 0 Å². The van der Waals surface area contributed by atoms with Crippen molar-refractivity contribution in [1.29, 1.82) is 0 Å². The van der Waals surface area contributed by atoms with Crippen molar-refractivity contribution in [2.45, 2.75) is 6.61 Å². The van der Waals surface area contributed by atoms with E-state index in [9.17, 15) is 9.90 Å². The molecule has 2 N–H and O–H groups in total. The van der Waals surface area contributed by atoms with Crippen LogP contribution in [0.3, 0.4) is 0 Å². The minimum absolute atomic E-state index is 0.0472. The van der Waals surface area contributed by atoms with Crippen LogP contribution in [0.25, 0.3) is 0 Å². The van der Waals surface area contributed by atoms with Crippen LogP contribution in [0.4, 0.5) is 5.69 Å². The molecule has 0 saturated carbocycles. The molecule has 144 valence electrons. The van der Waals surface area contributed by atoms with Crippen molar-refractivity contribution >= 4 is 11.6 Å². The van der Waals surface area contributed by atoms with Crippen molar-refractivity contribution in [3.63, 3.8) is 0 Å². The fraction of sp³-hybridized carbons (Fsp3) is 0.136. The Bertz CT molecular complexity index is 910. The highest BCUT2D eigenvalue weighted by Crippen LogP contribution is 2.27. The maximum absolute atomic E-state index is 12.1. The summed E-state index contributed by atoms with van der Waals surface area (Å²) < 4.78 is 16.3. The lowest BCUT2D eigenvalue weighted by molar-refractivity contribution is -0.118. The monoisotopic (exact) mass is 379 g/mol. The number of rotatable bonds is 8. The highest BCUT2D eigenvalue weighted by atomic mass is 16.5. The summed E-state index contributed by atoms with van der Waals surface area (Å²) in [6.07, 6.45) is 0. The minimum atomic E-state index is -0.395. The Kier molecular flexibility index (Phi) is 6.36. The Morgan fingerprint density at radius 1 is 0.893 bits per heavy atom. The fourth-order valence-corrected chi connectivity index (χ4v) is 2.45. The average molecular weight is 379 g/mol. The van der Waals surface area contributed by atoms with Gasteiger partial charge in [-0.3, -0.25) is 4.79 Å². The molecule has 6 heteroatoms. The second-order valence-electron chi connectivity index (χ2n) is 5.97. The Morgan fingerprint density at radius 2 is 1.54 bits per heavy atom. The number of anilines is 1. The van der Waals surface area contributed by atoms with Crippen molar-refractivity contribution in [3.8, 4) is 23.0 Å². The summed E-state index contributed by atoms with van der Waals surface area (Å²) >= 11 is 0. The zero-order valence-corrected chi connectivity index (χ0v) is 15.4. The van der Waals surface area contributed by atoms with Crippen molar-refractivity contribution < 1.29 is 24.1 Å². The molecule has 28 heavy (non-hydrogen) atoms. The van der Waals surface area contributed by atoms with Crippen molar-refractivity contribution in [3.05, 3.63) is 78.4 Å². The predicted octanol–water partition coefficient (Wildman–Crippen LogP) is 4.00. The number of carbonyl (C=O) groups is 1. The largest absolute Gasteiger partial charge is 0.506 e. The van der Waals surface area contributed by atoms with Crippen LogP contribution in [-0.4, -0.2) is 24.7 Å². The van der Waals surface area contributed by atoms with Crippen LogP contribution >= 0.6 is 0 Å². The third-order valence-corrected chi connectivity index (χ3v) is 3.92. The van der Waals surface area contributed by atoms with Crippen LogP contribution in [0.15, 0.2) is 72.8 Å². The maximum Gasteiger partial charge on any atom is 0.262 e. The third kappa shape index (κ3) is 5.41. The van der Waals surface area contributed by atoms with E-state index in [0.717, 1.165) is 5.56 Å². The Labute approximate surface area is 163 Å². The molecule has 0 bridgehead atoms. The zero-order valence-electron chi connectivity index (χ0n) is 15.4. The predicted molar refractivity (Wildman–Crippen MR) is 106 cm³/mol. The highest BCUT2D eigenvalue weighted by Gasteiger charge is 2.09. The van der Waals surface area contributed by atoms with Gasteiger partial charge in [0.1, 0.15) is 29.6 Å². The molecule has 3 aromatic carbocycles. The summed E-state index contributed by atoms with van der Waals surface area (Å²) in [4.78, 5) is 12.1. The second kappa shape index (κ2) is 9.32. The molecule has 3 aromatic rings. The van der Waals surface area contributed by atoms with E-state index in [1.807, 2.05) is 30.3 Å². The molecule has 0 radical (unpaired) electrons. The molecule has 0 atom stereocenters. The quantitative estimate of drug-likeness (QED) is 0.579. The van der Waals surface area contributed by atoms with Gasteiger partial charge in [-0.2, -0.15) is 0 Å². The molecule has 0 aliphatic rings. The van der Waals surface area contributed by atoms with E-state index in [2.05, 4.69) is 5.32 Å². The normalized spacial score (nSPS) is 10.2. The minimum Gasteiger partial charge on any atom is -0.506 e. The molecule has 6 nitrogen and oxygen atoms in total. The van der Waals surface area contributed by atoms with Crippen LogP contribution < -0.4 is 19.5 Å². The molecule has 0 aliphatic heterocycles. The van der Waals surface area contributed by atoms with Gasteiger partial charge in [-0.25, -0.2) is 0 Å². The number of benzene rings is 3. The smallest absolute Gasteiger partial charge is 0.262 e. The highest BCUT2D eigenvalue weighted by molar-refractivity contribution is 5.93. The lowest BCUT2D eigenvalue weighted by Gasteiger charge is -2.11. The maximum atomic E-state index is 12.1. The molecular weight excluding hydrogens is 358 g/mol. The van der Waals surface area contributed by atoms with E-state index >= 15 is 0 Å². The van der Waals surface area contributed by atoms with Gasteiger partial charge in [0.05, 0.1) is 12.8 Å². The molecule has 1 amide bonds. The first-order chi connectivity index (χ1) is 13.6. The first-order valence-corrected chi connectivity index (χ1v) is 8.70. The Hall–Kier alpha value is -3.67. The van der Waals surface area contributed by atoms with E-state index in [1.54, 1.807) is 30.3 Å². The Morgan fingerprint density at radius 3 is 2.21 bits per heavy atom. The topological polar surface area (TPSA) is 77.0 Å². The molecular formula is C22H21NO5. The lowest BCUT2D eigenvalue weighted by atomic mass is 10.2. The van der Waals surface area contributed by atoms with Crippen LogP contribution in [0.2, 0.25) is 0 Å². The van der Waals surface area contributed by atoms with E-state index in [1.165, 1.54) is 19.2 Å². The van der Waals surface area contributed by atoms with Gasteiger partial charge < -0.3 is 24.6 Å². The number of hydrogen-bond acceptors (Lipinski definition) is 5. The van der Waals surface area contributed by atoms with Crippen molar-refractivity contribution in [2.75, 3.05) is 19.0 Å². The Balaban J connectivity index is 1.48. The summed E-state index contributed by atoms with van der Waals surface area (Å²) in [6.45, 7) is 0.286. The number of phenolic OH excluding ortho intramolecular Hbond substituents is 1. The number of phenols is 1. The van der Waals surface area contributed by atoms with Crippen LogP contribution in [0.1, 0.15) is 5.56 Å². The fourth-order valence-electron chi connectivity index (χ4n) is 2.45. The number of nitrogens with one attached hydrogen (secondary N) is 1. The molecule has 0 saturated heterocycles. The molecule has 0 heterocycles. The van der Waals surface area contributed by atoms with Crippen LogP contribution in [0, 0.1) is 0 Å². The van der Waals surface area contributed by atoms with Crippen molar-refractivity contribution in [2.24, 2.45) is 0 Å². The third-order valence-electron chi connectivity index (χ3n) is 3.92. The van der Waals surface area contributed by atoms with Crippen LogP contribution in [0.5, 0.6) is 23.0 Å². The number of methoxy groups -OCH3 is 1. The summed E-state index contributed by atoms with van der Waals surface area (Å²) in [6, 6.07) is 21.5. The average Bonchev–Trinajstić information content (AvgIpc) is 2.74.